The number of hydrogen-bond acceptors (Lipinski definition) is 1. The van der Waals surface area contributed by atoms with Crippen LogP contribution in [0.1, 0.15) is 52.4 Å². The molecule has 16 heavy (non-hydrogen) atoms. The molecule has 1 N–H and O–H groups in total. The summed E-state index contributed by atoms with van der Waals surface area (Å²) in [6.07, 6.45) is 9.46. The average molecular weight is 220 g/mol. The van der Waals surface area contributed by atoms with E-state index in [-0.39, 0.29) is 6.61 Å². The van der Waals surface area contributed by atoms with Crippen molar-refractivity contribution in [3.63, 3.8) is 0 Å². The topological polar surface area (TPSA) is 20.2 Å². The summed E-state index contributed by atoms with van der Waals surface area (Å²) in [5.41, 5.74) is 3.37. The second-order valence-electron chi connectivity index (χ2n) is 6.07. The average Bonchev–Trinajstić information content (AvgIpc) is 2.62. The molecule has 1 fully saturated rings. The SMILES string of the molecule is C=C1CCC[C@]1(C)[C@]1(C)CC=C(CO)CC1. The summed E-state index contributed by atoms with van der Waals surface area (Å²) >= 11 is 0. The highest BCUT2D eigenvalue weighted by atomic mass is 16.3. The Kier molecular flexibility index (Phi) is 3.00. The summed E-state index contributed by atoms with van der Waals surface area (Å²) < 4.78 is 0. The highest BCUT2D eigenvalue weighted by Gasteiger charge is 2.48. The van der Waals surface area contributed by atoms with Crippen LogP contribution in [0.5, 0.6) is 0 Å². The molecule has 0 spiro atoms. The largest absolute Gasteiger partial charge is 0.392 e. The van der Waals surface area contributed by atoms with Gasteiger partial charge in [0.25, 0.3) is 0 Å². The smallest absolute Gasteiger partial charge is 0.0641 e. The van der Waals surface area contributed by atoms with E-state index in [1.165, 1.54) is 36.8 Å². The van der Waals surface area contributed by atoms with Crippen LogP contribution in [0.15, 0.2) is 23.8 Å². The van der Waals surface area contributed by atoms with Crippen LogP contribution in [-0.2, 0) is 0 Å². The predicted octanol–water partition coefficient (Wildman–Crippen LogP) is 3.84. The number of hydrogen-bond donors (Lipinski definition) is 1. The Hall–Kier alpha value is -0.560. The Morgan fingerprint density at radius 1 is 1.31 bits per heavy atom. The lowest BCUT2D eigenvalue weighted by Gasteiger charge is -2.47. The van der Waals surface area contributed by atoms with Crippen LogP contribution in [0.3, 0.4) is 0 Å². The van der Waals surface area contributed by atoms with Gasteiger partial charge in [-0.05, 0) is 54.9 Å². The van der Waals surface area contributed by atoms with Crippen LogP contribution >= 0.6 is 0 Å². The van der Waals surface area contributed by atoms with Crippen molar-refractivity contribution in [1.82, 2.24) is 0 Å². The summed E-state index contributed by atoms with van der Waals surface area (Å²) in [5.74, 6) is 0. The number of aliphatic hydroxyl groups excluding tert-OH is 1. The second-order valence-corrected chi connectivity index (χ2v) is 6.07. The molecule has 1 saturated carbocycles. The van der Waals surface area contributed by atoms with Gasteiger partial charge < -0.3 is 5.11 Å². The first kappa shape index (κ1) is 11.9. The lowest BCUT2D eigenvalue weighted by Crippen LogP contribution is -2.38. The Bertz CT molecular complexity index is 328. The van der Waals surface area contributed by atoms with Crippen LogP contribution in [0.25, 0.3) is 0 Å². The lowest BCUT2D eigenvalue weighted by molar-refractivity contribution is 0.0962. The number of aliphatic hydroxyl groups is 1. The van der Waals surface area contributed by atoms with E-state index >= 15 is 0 Å². The van der Waals surface area contributed by atoms with Crippen molar-refractivity contribution in [2.45, 2.75) is 52.4 Å². The fourth-order valence-corrected chi connectivity index (χ4v) is 3.49. The van der Waals surface area contributed by atoms with E-state index in [0.717, 1.165) is 12.8 Å². The van der Waals surface area contributed by atoms with E-state index in [9.17, 15) is 0 Å². The van der Waals surface area contributed by atoms with Crippen molar-refractivity contribution < 1.29 is 5.11 Å². The summed E-state index contributed by atoms with van der Waals surface area (Å²) in [7, 11) is 0. The molecule has 2 aliphatic rings. The fraction of sp³-hybridized carbons (Fsp3) is 0.733. The molecule has 0 bridgehead atoms. The zero-order valence-electron chi connectivity index (χ0n) is 10.7. The first-order chi connectivity index (χ1) is 7.52. The van der Waals surface area contributed by atoms with Gasteiger partial charge in [0.1, 0.15) is 0 Å². The molecule has 1 nitrogen and oxygen atoms in total. The summed E-state index contributed by atoms with van der Waals surface area (Å²) in [5, 5.41) is 9.16. The second kappa shape index (κ2) is 4.03. The Morgan fingerprint density at radius 3 is 2.50 bits per heavy atom. The standard InChI is InChI=1S/C15H24O/c1-12-5-4-8-15(12,3)14(2)9-6-13(11-16)7-10-14/h6,16H,1,4-5,7-11H2,2-3H3/t14-,15+/m1/s1. The van der Waals surface area contributed by atoms with Gasteiger partial charge in [0.15, 0.2) is 0 Å². The van der Waals surface area contributed by atoms with E-state index in [4.69, 9.17) is 5.11 Å². The third-order valence-corrected chi connectivity index (χ3v) is 5.31. The van der Waals surface area contributed by atoms with Gasteiger partial charge in [-0.2, -0.15) is 0 Å². The molecule has 0 amide bonds. The van der Waals surface area contributed by atoms with Gasteiger partial charge >= 0.3 is 0 Å². The lowest BCUT2D eigenvalue weighted by atomic mass is 9.57. The zero-order chi connectivity index (χ0) is 11.8. The molecule has 0 aromatic carbocycles. The van der Waals surface area contributed by atoms with E-state index < -0.39 is 0 Å². The van der Waals surface area contributed by atoms with E-state index in [2.05, 4.69) is 26.5 Å². The molecule has 0 heterocycles. The molecule has 2 atom stereocenters. The van der Waals surface area contributed by atoms with E-state index in [1.54, 1.807) is 0 Å². The molecule has 0 aromatic rings. The highest BCUT2D eigenvalue weighted by Crippen LogP contribution is 2.58. The van der Waals surface area contributed by atoms with Gasteiger partial charge in [0.05, 0.1) is 6.61 Å². The third-order valence-electron chi connectivity index (χ3n) is 5.31. The summed E-state index contributed by atoms with van der Waals surface area (Å²) in [6.45, 7) is 9.35. The van der Waals surface area contributed by atoms with Crippen LogP contribution in [-0.4, -0.2) is 11.7 Å². The quantitative estimate of drug-likeness (QED) is 0.701. The number of allylic oxidation sites excluding steroid dienone is 2. The first-order valence-corrected chi connectivity index (χ1v) is 6.49. The molecule has 2 rings (SSSR count). The molecule has 0 aromatic heterocycles. The van der Waals surface area contributed by atoms with Crippen LogP contribution in [0.4, 0.5) is 0 Å². The normalized spacial score (nSPS) is 39.9. The van der Waals surface area contributed by atoms with E-state index in [1.807, 2.05) is 0 Å². The van der Waals surface area contributed by atoms with E-state index in [0.29, 0.717) is 10.8 Å². The van der Waals surface area contributed by atoms with Gasteiger partial charge in [-0.25, -0.2) is 0 Å². The van der Waals surface area contributed by atoms with Gasteiger partial charge in [-0.15, -0.1) is 0 Å². The van der Waals surface area contributed by atoms with Crippen molar-refractivity contribution in [3.05, 3.63) is 23.8 Å². The van der Waals surface area contributed by atoms with Crippen LogP contribution in [0.2, 0.25) is 0 Å². The molecule has 0 saturated heterocycles. The fourth-order valence-electron chi connectivity index (χ4n) is 3.49. The Morgan fingerprint density at radius 2 is 2.06 bits per heavy atom. The summed E-state index contributed by atoms with van der Waals surface area (Å²) in [6, 6.07) is 0. The Balaban J connectivity index is 2.21. The molecular weight excluding hydrogens is 196 g/mol. The minimum absolute atomic E-state index is 0.244. The minimum Gasteiger partial charge on any atom is -0.392 e. The molecular formula is C15H24O. The maximum absolute atomic E-state index is 9.16. The van der Waals surface area contributed by atoms with Gasteiger partial charge in [-0.3, -0.25) is 0 Å². The summed E-state index contributed by atoms with van der Waals surface area (Å²) in [4.78, 5) is 0. The van der Waals surface area contributed by atoms with Crippen molar-refractivity contribution >= 4 is 0 Å². The van der Waals surface area contributed by atoms with Crippen molar-refractivity contribution in [2.24, 2.45) is 10.8 Å². The van der Waals surface area contributed by atoms with Gasteiger partial charge in [0, 0.05) is 0 Å². The van der Waals surface area contributed by atoms with Crippen molar-refractivity contribution in [2.75, 3.05) is 6.61 Å². The van der Waals surface area contributed by atoms with Crippen molar-refractivity contribution in [1.29, 1.82) is 0 Å². The third kappa shape index (κ3) is 1.66. The van der Waals surface area contributed by atoms with Gasteiger partial charge in [0.2, 0.25) is 0 Å². The molecule has 0 aliphatic heterocycles. The molecule has 1 heteroatoms. The molecule has 0 radical (unpaired) electrons. The number of rotatable bonds is 2. The van der Waals surface area contributed by atoms with Crippen molar-refractivity contribution in [3.8, 4) is 0 Å². The Labute approximate surface area is 99.3 Å². The monoisotopic (exact) mass is 220 g/mol. The van der Waals surface area contributed by atoms with Gasteiger partial charge in [-0.1, -0.05) is 32.1 Å². The van der Waals surface area contributed by atoms with Crippen LogP contribution in [0, 0.1) is 10.8 Å². The maximum Gasteiger partial charge on any atom is 0.0641 e. The maximum atomic E-state index is 9.16. The zero-order valence-corrected chi connectivity index (χ0v) is 10.7. The molecule has 2 aliphatic carbocycles. The predicted molar refractivity (Wildman–Crippen MR) is 68.2 cm³/mol. The highest BCUT2D eigenvalue weighted by molar-refractivity contribution is 5.23. The van der Waals surface area contributed by atoms with Crippen LogP contribution < -0.4 is 0 Å². The first-order valence-electron chi connectivity index (χ1n) is 6.49. The molecule has 0 unspecified atom stereocenters. The minimum atomic E-state index is 0.244. The molecule has 90 valence electrons.